The first-order valence-corrected chi connectivity index (χ1v) is 54.1. The van der Waals surface area contributed by atoms with Crippen LogP contribution < -0.4 is 101 Å². The first-order chi connectivity index (χ1) is 67.6. The van der Waals surface area contributed by atoms with E-state index in [2.05, 4.69) is 163 Å². The van der Waals surface area contributed by atoms with E-state index in [1.54, 1.807) is 34.1 Å². The molecule has 1 N–H and O–H groups in total. The Morgan fingerprint density at radius 2 is 0.760 bits per heavy atom. The summed E-state index contributed by atoms with van der Waals surface area (Å²) >= 11 is 5.77. The molecular formula is C111H146BClFKN6O23Si2. The number of carbonyl (C=O) groups is 2. The van der Waals surface area contributed by atoms with Gasteiger partial charge in [0.25, 0.3) is 28.0 Å². The summed E-state index contributed by atoms with van der Waals surface area (Å²) in [7, 11) is -4.63. The summed E-state index contributed by atoms with van der Waals surface area (Å²) in [6.07, 6.45) is 14.0. The molecule has 1 saturated heterocycles. The maximum Gasteiger partial charge on any atom is 1.00 e. The maximum atomic E-state index is 13.2. The first kappa shape index (κ1) is 118. The number of hydrogen-bond acceptors (Lipinski definition) is 23. The average Bonchev–Trinajstić information content (AvgIpc) is 1.01. The summed E-state index contributed by atoms with van der Waals surface area (Å²) < 4.78 is 79.8. The van der Waals surface area contributed by atoms with Gasteiger partial charge in [-0.3, -0.25) is 40.5 Å². The minimum atomic E-state index is -2.63. The third kappa shape index (κ3) is 29.8. The van der Waals surface area contributed by atoms with Crippen molar-refractivity contribution in [3.05, 3.63) is 267 Å². The Morgan fingerprint density at radius 3 is 1.10 bits per heavy atom. The van der Waals surface area contributed by atoms with Crippen LogP contribution in [0.4, 0.5) is 36.7 Å². The fraction of sp³-hybridized carbons (Fsp3) is 0.514. The summed E-state index contributed by atoms with van der Waals surface area (Å²) in [5.41, 5.74) is 2.22. The van der Waals surface area contributed by atoms with Gasteiger partial charge in [-0.1, -0.05) is 187 Å². The Bertz CT molecular complexity index is 5800. The van der Waals surface area contributed by atoms with Gasteiger partial charge in [0.1, 0.15) is 61.6 Å². The molecule has 8 aromatic rings. The third-order valence-electron chi connectivity index (χ3n) is 27.1. The number of aliphatic hydroxyl groups excluding tert-OH is 1. The molecule has 784 valence electrons. The number of benzene rings is 8. The number of aliphatic hydroxyl groups is 1. The molecule has 17 rings (SSSR count). The van der Waals surface area contributed by atoms with Crippen LogP contribution in [0, 0.1) is 46.3 Å². The molecule has 8 aromatic carbocycles. The van der Waals surface area contributed by atoms with Gasteiger partial charge < -0.3 is 71.3 Å². The number of ether oxygens (including phenoxy) is 7. The van der Waals surface area contributed by atoms with Crippen LogP contribution in [-0.2, 0) is 53.3 Å². The second-order valence-electron chi connectivity index (χ2n) is 45.9. The molecule has 0 bridgehead atoms. The SMILES string of the molecule is CC(C)(C)OC(=O)N1CC=C(B2OC(C)(C)C(C)(C)O2)CC1.CC(C)(C)OC(=O)N1CC=C(c2cc3c(cc2[N+](=O)[O-])CC(C)(C)O3)CC1.CC(C)(C)[Si](OC1CCC(O)CC1)(c1ccccc1)c1ccccc1.CC1(C)Cc2cc([N+](=O)[O-])c(Cl)cc2O1.CC1(C)Cc2cc([N+](=O)[O-])c(F)cc2O1.CC1(C)Cc2cc([N+](=O)[O-])c(OC3CCC(O[Si](c4ccccc4)(c4ccccc4)C(C)(C)C)CC3)cc2O1.C[O-].[K+]. The number of carbonyl (C=O) groups excluding carboxylic acids is 2. The van der Waals surface area contributed by atoms with Crippen molar-refractivity contribution in [1.29, 1.82) is 0 Å². The molecule has 2 amide bonds. The number of nitro groups is 4. The molecule has 146 heavy (non-hydrogen) atoms. The summed E-state index contributed by atoms with van der Waals surface area (Å²) in [6, 6.07) is 55.1. The molecule has 0 unspecified atom stereocenters. The van der Waals surface area contributed by atoms with Gasteiger partial charge >= 0.3 is 82.1 Å². The van der Waals surface area contributed by atoms with E-state index in [0.29, 0.717) is 98.2 Å². The van der Waals surface area contributed by atoms with Crippen molar-refractivity contribution >= 4 is 96.6 Å². The Labute approximate surface area is 909 Å². The van der Waals surface area contributed by atoms with Crippen LogP contribution in [0.5, 0.6) is 28.7 Å². The van der Waals surface area contributed by atoms with Crippen LogP contribution in [0.3, 0.4) is 0 Å². The van der Waals surface area contributed by atoms with Gasteiger partial charge in [0.05, 0.1) is 48.7 Å². The van der Waals surface area contributed by atoms with Crippen LogP contribution in [0.25, 0.3) is 5.57 Å². The van der Waals surface area contributed by atoms with Gasteiger partial charge in [0, 0.05) is 129 Å². The van der Waals surface area contributed by atoms with Crippen molar-refractivity contribution in [3.63, 3.8) is 0 Å². The first-order valence-electron chi connectivity index (χ1n) is 49.9. The quantitative estimate of drug-likeness (QED) is 0.0533. The molecule has 35 heteroatoms. The van der Waals surface area contributed by atoms with E-state index in [0.717, 1.165) is 98.7 Å². The molecule has 0 radical (unpaired) electrons. The van der Waals surface area contributed by atoms with Crippen molar-refractivity contribution in [3.8, 4) is 28.7 Å². The Balaban J connectivity index is 0.000000184. The monoisotopic (exact) mass is 2090 g/mol. The zero-order valence-corrected chi connectivity index (χ0v) is 95.7. The number of hydrogen-bond donors (Lipinski definition) is 1. The second-order valence-corrected chi connectivity index (χ2v) is 54.8. The number of halogens is 2. The average molecular weight is 2090 g/mol. The number of amides is 2. The van der Waals surface area contributed by atoms with Crippen molar-refractivity contribution in [1.82, 2.24) is 9.80 Å². The van der Waals surface area contributed by atoms with Gasteiger partial charge in [-0.2, -0.15) is 11.5 Å². The predicted octanol–water partition coefficient (Wildman–Crippen LogP) is 19.3. The number of nitro benzene ring substituents is 4. The molecule has 7 aliphatic heterocycles. The zero-order valence-electron chi connectivity index (χ0n) is 89.8. The van der Waals surface area contributed by atoms with Crippen molar-refractivity contribution < 1.29 is 147 Å². The van der Waals surface area contributed by atoms with Crippen molar-refractivity contribution in [2.75, 3.05) is 33.3 Å². The van der Waals surface area contributed by atoms with E-state index >= 15 is 0 Å². The number of nitrogens with zero attached hydrogens (tertiary/aromatic N) is 6. The Hall–Kier alpha value is -9.50. The molecule has 0 aromatic heterocycles. The third-order valence-corrected chi connectivity index (χ3v) is 37.6. The standard InChI is InChI=1S/C32H39NO5Si.C22H30O2Si.C20H26N2O5.C16H28BNO4.C10H10ClNO3.C10H10FNO3.CH3O.K/c1-31(2,3)39(26-12-8-6-9-13-26,27-14-10-7-11-15-27)38-25-18-16-24(17-19-25)36-30-21-29-23(20-28(30)33(34)35)22-32(4,5)37-29;1-22(2,3)25(20-10-6-4-7-11-20,21-12-8-5-9-13-21)24-19-16-14-18(23)15-17-19;1-19(2,3)27-18(23)21-8-6-13(7-9-21)15-11-17-14(10-16(15)22(24)25)12-20(4,5)26-17;1-14(2,3)20-13(19)18-10-8-12(9-11-18)17-21-15(4,5)16(6,7)22-17;2*1-10(2)5-6-3-8(12(13)14)7(11)4-9(6)15-10;1-2;/h6-15,20-21,24-25H,16-19,22H2,1-5H3;4-13,18-19,23H,14-17H2,1-3H3;6,10-11H,7-9,12H2,1-5H3;8H,9-11H2,1-7H3;2*3-4H,5H2,1-2H3;1H3;/q;;;;;;-1;+1. The number of fused-ring (bicyclic) bond motifs is 4. The molecule has 3 fully saturated rings. The van der Waals surface area contributed by atoms with Gasteiger partial charge in [-0.05, 0) is 237 Å². The van der Waals surface area contributed by atoms with Gasteiger partial charge in [0.15, 0.2) is 0 Å². The molecule has 29 nitrogen and oxygen atoms in total. The van der Waals surface area contributed by atoms with Crippen LogP contribution in [0.2, 0.25) is 15.1 Å². The normalized spacial score (nSPS) is 19.9. The zero-order chi connectivity index (χ0) is 107. The van der Waals surface area contributed by atoms with Gasteiger partial charge in [-0.15, -0.1) is 0 Å². The topological polar surface area (TPSA) is 358 Å². The van der Waals surface area contributed by atoms with E-state index in [9.17, 15) is 59.5 Å². The molecule has 2 saturated carbocycles. The van der Waals surface area contributed by atoms with Crippen LogP contribution in [0.15, 0.2) is 187 Å². The van der Waals surface area contributed by atoms with Crippen molar-refractivity contribution in [2.45, 2.75) is 335 Å². The van der Waals surface area contributed by atoms with Crippen molar-refractivity contribution in [2.24, 2.45) is 0 Å². The second kappa shape index (κ2) is 47.8. The van der Waals surface area contributed by atoms with E-state index in [1.165, 1.54) is 38.9 Å². The van der Waals surface area contributed by atoms with Crippen LogP contribution in [-0.4, -0.2) is 173 Å². The maximum absolute atomic E-state index is 13.2. The molecule has 7 heterocycles. The summed E-state index contributed by atoms with van der Waals surface area (Å²) in [5, 5.41) is 68.0. The molecular weight excluding hydrogens is 1950 g/mol. The van der Waals surface area contributed by atoms with E-state index in [1.807, 2.05) is 137 Å². The predicted molar refractivity (Wildman–Crippen MR) is 566 cm³/mol. The Morgan fingerprint density at radius 1 is 0.438 bits per heavy atom. The minimum Gasteiger partial charge on any atom is -0.857 e. The fourth-order valence-electron chi connectivity index (χ4n) is 19.7. The van der Waals surface area contributed by atoms with Gasteiger partial charge in [-0.25, -0.2) is 9.59 Å². The molecule has 9 aliphatic rings. The molecule has 0 spiro atoms. The van der Waals surface area contributed by atoms with E-state index < -0.39 is 54.8 Å². The summed E-state index contributed by atoms with van der Waals surface area (Å²) in [4.78, 5) is 70.3. The largest absolute Gasteiger partial charge is 1.00 e. The molecule has 2 aliphatic carbocycles. The van der Waals surface area contributed by atoms with Crippen LogP contribution >= 0.6 is 11.6 Å². The van der Waals surface area contributed by atoms with E-state index in [4.69, 9.17) is 68.0 Å². The van der Waals surface area contributed by atoms with E-state index in [-0.39, 0.29) is 165 Å². The minimum absolute atomic E-state index is 0. The summed E-state index contributed by atoms with van der Waals surface area (Å²) in [5.74, 6) is 1.89. The summed E-state index contributed by atoms with van der Waals surface area (Å²) in [6.45, 7) is 50.6. The van der Waals surface area contributed by atoms with Crippen LogP contribution in [0.1, 0.15) is 258 Å². The fourth-order valence-corrected chi connectivity index (χ4v) is 29.4. The molecule has 0 atom stereocenters. The van der Waals surface area contributed by atoms with Gasteiger partial charge in [0.2, 0.25) is 11.6 Å². The Kier molecular flexibility index (Phi) is 38.7. The number of rotatable bonds is 16. The smallest absolute Gasteiger partial charge is 0.857 e.